The molecule has 0 unspecified atom stereocenters. The van der Waals surface area contributed by atoms with E-state index in [2.05, 4.69) is 10.0 Å². The highest BCUT2D eigenvalue weighted by Gasteiger charge is 2.28. The lowest BCUT2D eigenvalue weighted by Gasteiger charge is -2.23. The molecule has 2 rings (SSSR count). The molecule has 0 amide bonds. The number of sulfonamides is 1. The van der Waals surface area contributed by atoms with Crippen molar-refractivity contribution in [1.82, 2.24) is 4.72 Å². The van der Waals surface area contributed by atoms with Crippen molar-refractivity contribution in [3.8, 4) is 0 Å². The summed E-state index contributed by atoms with van der Waals surface area (Å²) in [5.74, 6) is 0.0735. The van der Waals surface area contributed by atoms with Crippen LogP contribution < -0.4 is 10.0 Å². The smallest absolute Gasteiger partial charge is 0.242 e. The SMILES string of the molecule is CCNc1ccccc1S(=O)(=O)NC1CCS(=O)(=O)CC1. The molecule has 2 N–H and O–H groups in total. The predicted molar refractivity (Wildman–Crippen MR) is 82.6 cm³/mol. The Hall–Kier alpha value is -1.12. The molecule has 1 aliphatic rings. The van der Waals surface area contributed by atoms with Crippen molar-refractivity contribution in [2.24, 2.45) is 0 Å². The van der Waals surface area contributed by atoms with Crippen molar-refractivity contribution in [1.29, 1.82) is 0 Å². The Morgan fingerprint density at radius 2 is 1.81 bits per heavy atom. The molecule has 0 bridgehead atoms. The predicted octanol–water partition coefficient (Wildman–Crippen LogP) is 0.974. The Bertz CT molecular complexity index is 685. The third kappa shape index (κ3) is 4.18. The van der Waals surface area contributed by atoms with E-state index in [1.165, 1.54) is 0 Å². The zero-order valence-corrected chi connectivity index (χ0v) is 13.5. The molecule has 1 aromatic carbocycles. The normalized spacial score (nSPS) is 19.3. The van der Waals surface area contributed by atoms with Gasteiger partial charge < -0.3 is 5.32 Å². The van der Waals surface area contributed by atoms with Gasteiger partial charge >= 0.3 is 0 Å². The largest absolute Gasteiger partial charge is 0.384 e. The molecule has 1 aliphatic heterocycles. The topological polar surface area (TPSA) is 92.3 Å². The Morgan fingerprint density at radius 3 is 2.43 bits per heavy atom. The van der Waals surface area contributed by atoms with E-state index in [0.29, 0.717) is 25.1 Å². The van der Waals surface area contributed by atoms with Gasteiger partial charge in [-0.05, 0) is 31.9 Å². The third-order valence-corrected chi connectivity index (χ3v) is 6.71. The monoisotopic (exact) mass is 332 g/mol. The molecule has 0 aromatic heterocycles. The zero-order chi connectivity index (χ0) is 15.5. The Kier molecular flexibility index (Phi) is 4.90. The van der Waals surface area contributed by atoms with E-state index in [0.717, 1.165) is 0 Å². The Labute approximate surface area is 125 Å². The van der Waals surface area contributed by atoms with E-state index in [9.17, 15) is 16.8 Å². The van der Waals surface area contributed by atoms with Gasteiger partial charge in [0, 0.05) is 12.6 Å². The maximum atomic E-state index is 12.5. The first-order valence-corrected chi connectivity index (χ1v) is 10.2. The standard InChI is InChI=1S/C13H20N2O4S2/c1-2-14-12-5-3-4-6-13(12)21(18,19)15-11-7-9-20(16,17)10-8-11/h3-6,11,14-15H,2,7-10H2,1H3. The van der Waals surface area contributed by atoms with Crippen molar-refractivity contribution >= 4 is 25.5 Å². The van der Waals surface area contributed by atoms with Gasteiger partial charge in [0.2, 0.25) is 10.0 Å². The Morgan fingerprint density at radius 1 is 1.19 bits per heavy atom. The number of para-hydroxylation sites is 1. The van der Waals surface area contributed by atoms with Gasteiger partial charge in [0.25, 0.3) is 0 Å². The van der Waals surface area contributed by atoms with Crippen LogP contribution in [0.2, 0.25) is 0 Å². The molecule has 1 aromatic rings. The van der Waals surface area contributed by atoms with Gasteiger partial charge in [-0.3, -0.25) is 0 Å². The highest BCUT2D eigenvalue weighted by Crippen LogP contribution is 2.22. The van der Waals surface area contributed by atoms with Crippen LogP contribution in [0.3, 0.4) is 0 Å². The number of rotatable bonds is 5. The summed E-state index contributed by atoms with van der Waals surface area (Å²) in [5.41, 5.74) is 0.552. The fraction of sp³-hybridized carbons (Fsp3) is 0.538. The maximum absolute atomic E-state index is 12.5. The maximum Gasteiger partial charge on any atom is 0.242 e. The fourth-order valence-corrected chi connectivity index (χ4v) is 5.31. The van der Waals surface area contributed by atoms with Gasteiger partial charge in [0.15, 0.2) is 0 Å². The second-order valence-electron chi connectivity index (χ2n) is 5.07. The van der Waals surface area contributed by atoms with Crippen LogP contribution in [0, 0.1) is 0 Å². The molecule has 118 valence electrons. The Balaban J connectivity index is 2.16. The van der Waals surface area contributed by atoms with Crippen LogP contribution in [0.1, 0.15) is 19.8 Å². The molecule has 0 spiro atoms. The molecule has 0 aliphatic carbocycles. The molecule has 1 heterocycles. The average molecular weight is 332 g/mol. The van der Waals surface area contributed by atoms with Crippen molar-refractivity contribution in [2.75, 3.05) is 23.4 Å². The van der Waals surface area contributed by atoms with Crippen LogP contribution in [0.25, 0.3) is 0 Å². The molecule has 0 atom stereocenters. The van der Waals surface area contributed by atoms with Crippen LogP contribution in [-0.2, 0) is 19.9 Å². The number of anilines is 1. The summed E-state index contributed by atoms with van der Waals surface area (Å²) in [7, 11) is -6.66. The summed E-state index contributed by atoms with van der Waals surface area (Å²) in [6, 6.07) is 6.36. The molecule has 8 heteroatoms. The quantitative estimate of drug-likeness (QED) is 0.838. The molecular formula is C13H20N2O4S2. The minimum atomic E-state index is -3.66. The summed E-state index contributed by atoms with van der Waals surface area (Å²) in [5, 5.41) is 3.02. The highest BCUT2D eigenvalue weighted by atomic mass is 32.2. The first-order valence-electron chi connectivity index (χ1n) is 6.90. The third-order valence-electron chi connectivity index (χ3n) is 3.42. The molecular weight excluding hydrogens is 312 g/mol. The second-order valence-corrected chi connectivity index (χ2v) is 9.06. The van der Waals surface area contributed by atoms with E-state index >= 15 is 0 Å². The second kappa shape index (κ2) is 6.33. The van der Waals surface area contributed by atoms with Crippen molar-refractivity contribution < 1.29 is 16.8 Å². The van der Waals surface area contributed by atoms with E-state index < -0.39 is 19.9 Å². The fourth-order valence-electron chi connectivity index (χ4n) is 2.33. The van der Waals surface area contributed by atoms with Crippen molar-refractivity contribution in [3.63, 3.8) is 0 Å². The lowest BCUT2D eigenvalue weighted by atomic mass is 10.2. The minimum absolute atomic E-state index is 0.0367. The van der Waals surface area contributed by atoms with Gasteiger partial charge in [-0.1, -0.05) is 12.1 Å². The average Bonchev–Trinajstić information content (AvgIpc) is 2.42. The molecule has 21 heavy (non-hydrogen) atoms. The van der Waals surface area contributed by atoms with Crippen LogP contribution in [0.4, 0.5) is 5.69 Å². The number of hydrogen-bond acceptors (Lipinski definition) is 5. The molecule has 6 nitrogen and oxygen atoms in total. The van der Waals surface area contributed by atoms with Crippen LogP contribution in [-0.4, -0.2) is 40.9 Å². The van der Waals surface area contributed by atoms with Crippen molar-refractivity contribution in [2.45, 2.75) is 30.7 Å². The lowest BCUT2D eigenvalue weighted by Crippen LogP contribution is -2.40. The lowest BCUT2D eigenvalue weighted by molar-refractivity contribution is 0.505. The number of benzene rings is 1. The zero-order valence-electron chi connectivity index (χ0n) is 11.9. The van der Waals surface area contributed by atoms with Gasteiger partial charge in [0.1, 0.15) is 14.7 Å². The number of hydrogen-bond donors (Lipinski definition) is 2. The summed E-state index contributed by atoms with van der Waals surface area (Å²) in [4.78, 5) is 0.195. The number of nitrogens with one attached hydrogen (secondary N) is 2. The highest BCUT2D eigenvalue weighted by molar-refractivity contribution is 7.91. The summed E-state index contributed by atoms with van der Waals surface area (Å²) in [6.07, 6.45) is 0.649. The van der Waals surface area contributed by atoms with Crippen LogP contribution in [0.5, 0.6) is 0 Å². The van der Waals surface area contributed by atoms with E-state index in [4.69, 9.17) is 0 Å². The first kappa shape index (κ1) is 16.3. The summed E-state index contributed by atoms with van der Waals surface area (Å²) >= 11 is 0. The molecule has 1 saturated heterocycles. The first-order chi connectivity index (χ1) is 9.84. The number of sulfone groups is 1. The van der Waals surface area contributed by atoms with Gasteiger partial charge in [-0.25, -0.2) is 21.6 Å². The van der Waals surface area contributed by atoms with E-state index in [1.54, 1.807) is 24.3 Å². The van der Waals surface area contributed by atoms with E-state index in [1.807, 2.05) is 6.92 Å². The van der Waals surface area contributed by atoms with E-state index in [-0.39, 0.29) is 22.4 Å². The van der Waals surface area contributed by atoms with Gasteiger partial charge in [-0.2, -0.15) is 0 Å². The summed E-state index contributed by atoms with van der Waals surface area (Å²) < 4.78 is 50.3. The van der Waals surface area contributed by atoms with Crippen LogP contribution >= 0.6 is 0 Å². The molecule has 0 saturated carbocycles. The summed E-state index contributed by atoms with van der Waals surface area (Å²) in [6.45, 7) is 2.51. The molecule has 1 fully saturated rings. The van der Waals surface area contributed by atoms with Gasteiger partial charge in [0.05, 0.1) is 17.2 Å². The van der Waals surface area contributed by atoms with Crippen molar-refractivity contribution in [3.05, 3.63) is 24.3 Å². The van der Waals surface area contributed by atoms with Crippen LogP contribution in [0.15, 0.2) is 29.2 Å². The minimum Gasteiger partial charge on any atom is -0.384 e. The molecule has 0 radical (unpaired) electrons. The van der Waals surface area contributed by atoms with Gasteiger partial charge in [-0.15, -0.1) is 0 Å².